The van der Waals surface area contributed by atoms with Crippen LogP contribution in [-0.2, 0) is 0 Å². The Labute approximate surface area is 132 Å². The molecule has 2 rings (SSSR count). The molecule has 1 aliphatic carbocycles. The summed E-state index contributed by atoms with van der Waals surface area (Å²) in [5, 5.41) is 12.1. The Balaban J connectivity index is 2.30. The molecule has 0 amide bonds. The Morgan fingerprint density at radius 2 is 1.90 bits per heavy atom. The monoisotopic (exact) mass is 306 g/mol. The number of aryl methyl sites for hydroxylation is 1. The molecule has 0 aliphatic heterocycles. The van der Waals surface area contributed by atoms with Gasteiger partial charge >= 0.3 is 0 Å². The van der Waals surface area contributed by atoms with Crippen molar-refractivity contribution in [3.05, 3.63) is 16.8 Å². The topological polar surface area (TPSA) is 63.8 Å². The van der Waals surface area contributed by atoms with Gasteiger partial charge in [0.2, 0.25) is 0 Å². The minimum Gasteiger partial charge on any atom is -0.389 e. The molecule has 116 valence electrons. The molecule has 21 heavy (non-hydrogen) atoms. The zero-order valence-corrected chi connectivity index (χ0v) is 14.3. The zero-order valence-electron chi connectivity index (χ0n) is 13.4. The van der Waals surface area contributed by atoms with Gasteiger partial charge in [0.25, 0.3) is 0 Å². The molecule has 1 aromatic rings. The minimum absolute atomic E-state index is 0.393. The maximum absolute atomic E-state index is 5.91. The summed E-state index contributed by atoms with van der Waals surface area (Å²) in [5.41, 5.74) is 8.67. The highest BCUT2D eigenvalue weighted by atomic mass is 32.1. The zero-order chi connectivity index (χ0) is 15.6. The van der Waals surface area contributed by atoms with Crippen molar-refractivity contribution in [2.75, 3.05) is 5.32 Å². The Hall–Kier alpha value is -1.23. The highest BCUT2D eigenvalue weighted by Crippen LogP contribution is 2.33. The largest absolute Gasteiger partial charge is 0.389 e. The molecule has 1 aromatic heterocycles. The van der Waals surface area contributed by atoms with Crippen LogP contribution >= 0.6 is 12.2 Å². The van der Waals surface area contributed by atoms with Crippen LogP contribution in [0.15, 0.2) is 0 Å². The van der Waals surface area contributed by atoms with Crippen LogP contribution in [0.1, 0.15) is 56.4 Å². The molecule has 0 aromatic carbocycles. The molecule has 3 N–H and O–H groups in total. The molecule has 2 atom stereocenters. The number of nitrogens with one attached hydrogen (secondary N) is 1. The first-order valence-electron chi connectivity index (χ1n) is 7.82. The van der Waals surface area contributed by atoms with Crippen molar-refractivity contribution in [1.82, 2.24) is 10.2 Å². The van der Waals surface area contributed by atoms with E-state index in [2.05, 4.69) is 29.4 Å². The molecule has 1 aliphatic rings. The van der Waals surface area contributed by atoms with Crippen LogP contribution in [0.2, 0.25) is 0 Å². The van der Waals surface area contributed by atoms with Gasteiger partial charge in [0, 0.05) is 6.04 Å². The smallest absolute Gasteiger partial charge is 0.159 e. The lowest BCUT2D eigenvalue weighted by atomic mass is 9.78. The normalized spacial score (nSPS) is 22.3. The van der Waals surface area contributed by atoms with Gasteiger partial charge in [0.05, 0.1) is 11.3 Å². The van der Waals surface area contributed by atoms with E-state index < -0.39 is 0 Å². The summed E-state index contributed by atoms with van der Waals surface area (Å²) < 4.78 is 0. The van der Waals surface area contributed by atoms with Gasteiger partial charge in [0.15, 0.2) is 5.82 Å². The number of thiocarbonyl (C=S) groups is 1. The number of nitrogens with zero attached hydrogens (tertiary/aromatic N) is 2. The van der Waals surface area contributed by atoms with Crippen LogP contribution in [0, 0.1) is 25.7 Å². The quantitative estimate of drug-likeness (QED) is 0.835. The molecular formula is C16H26N4S. The van der Waals surface area contributed by atoms with Crippen molar-refractivity contribution >= 4 is 23.0 Å². The van der Waals surface area contributed by atoms with E-state index in [1.54, 1.807) is 0 Å². The lowest BCUT2D eigenvalue weighted by molar-refractivity contribution is 0.253. The fraction of sp³-hybridized carbons (Fsp3) is 0.688. The first-order valence-corrected chi connectivity index (χ1v) is 8.22. The number of nitrogens with two attached hydrogens (primary N) is 1. The van der Waals surface area contributed by atoms with Gasteiger partial charge in [0.1, 0.15) is 4.99 Å². The van der Waals surface area contributed by atoms with Crippen LogP contribution in [0.5, 0.6) is 0 Å². The summed E-state index contributed by atoms with van der Waals surface area (Å²) in [5.74, 6) is 2.08. The standard InChI is InChI=1S/C16H26N4S/c1-9(2)12-7-5-6-8-13(12)18-16-14(15(17)21)10(3)11(4)19-20-16/h9,12-13H,5-8H2,1-4H3,(H2,17,21)(H,18,20). The van der Waals surface area contributed by atoms with Gasteiger partial charge < -0.3 is 11.1 Å². The second-order valence-electron chi connectivity index (χ2n) is 6.44. The van der Waals surface area contributed by atoms with E-state index in [0.29, 0.717) is 22.9 Å². The molecule has 0 spiro atoms. The van der Waals surface area contributed by atoms with Gasteiger partial charge in [-0.1, -0.05) is 38.9 Å². The van der Waals surface area contributed by atoms with E-state index in [0.717, 1.165) is 22.6 Å². The lowest BCUT2D eigenvalue weighted by Gasteiger charge is -2.35. The third-order valence-electron chi connectivity index (χ3n) is 4.70. The number of hydrogen-bond acceptors (Lipinski definition) is 4. The maximum Gasteiger partial charge on any atom is 0.159 e. The molecule has 5 heteroatoms. The van der Waals surface area contributed by atoms with Gasteiger partial charge in [-0.2, -0.15) is 5.10 Å². The highest BCUT2D eigenvalue weighted by molar-refractivity contribution is 7.80. The van der Waals surface area contributed by atoms with Crippen molar-refractivity contribution in [3.63, 3.8) is 0 Å². The van der Waals surface area contributed by atoms with Crippen molar-refractivity contribution in [1.29, 1.82) is 0 Å². The van der Waals surface area contributed by atoms with Gasteiger partial charge in [-0.3, -0.25) is 0 Å². The summed E-state index contributed by atoms with van der Waals surface area (Å²) in [7, 11) is 0. The van der Waals surface area contributed by atoms with Crippen LogP contribution in [-0.4, -0.2) is 21.2 Å². The SMILES string of the molecule is Cc1nnc(NC2CCCCC2C(C)C)c(C(N)=S)c1C. The predicted octanol–water partition coefficient (Wildman–Crippen LogP) is 3.35. The molecule has 1 heterocycles. The molecule has 1 saturated carbocycles. The summed E-state index contributed by atoms with van der Waals surface area (Å²) in [4.78, 5) is 0.393. The molecule has 2 unspecified atom stereocenters. The van der Waals surface area contributed by atoms with Gasteiger partial charge in [-0.05, 0) is 44.1 Å². The lowest BCUT2D eigenvalue weighted by Crippen LogP contribution is -2.36. The third-order valence-corrected chi connectivity index (χ3v) is 4.90. The minimum atomic E-state index is 0.393. The highest BCUT2D eigenvalue weighted by Gasteiger charge is 2.28. The number of anilines is 1. The Bertz CT molecular complexity index is 527. The summed E-state index contributed by atoms with van der Waals surface area (Å²) in [6.07, 6.45) is 5.04. The van der Waals surface area contributed by atoms with E-state index >= 15 is 0 Å². The second-order valence-corrected chi connectivity index (χ2v) is 6.88. The van der Waals surface area contributed by atoms with Crippen LogP contribution in [0.25, 0.3) is 0 Å². The summed E-state index contributed by atoms with van der Waals surface area (Å²) >= 11 is 5.22. The molecule has 0 radical (unpaired) electrons. The Morgan fingerprint density at radius 1 is 1.24 bits per heavy atom. The molecule has 4 nitrogen and oxygen atoms in total. The number of rotatable bonds is 4. The van der Waals surface area contributed by atoms with E-state index in [9.17, 15) is 0 Å². The second kappa shape index (κ2) is 6.69. The average Bonchev–Trinajstić information content (AvgIpc) is 2.43. The molecule has 1 fully saturated rings. The van der Waals surface area contributed by atoms with E-state index in [1.165, 1.54) is 25.7 Å². The molecule has 0 bridgehead atoms. The van der Waals surface area contributed by atoms with Crippen molar-refractivity contribution < 1.29 is 0 Å². The van der Waals surface area contributed by atoms with E-state index in [1.807, 2.05) is 13.8 Å². The van der Waals surface area contributed by atoms with Crippen LogP contribution in [0.4, 0.5) is 5.82 Å². The first kappa shape index (κ1) is 16.1. The van der Waals surface area contributed by atoms with E-state index in [4.69, 9.17) is 18.0 Å². The Morgan fingerprint density at radius 3 is 2.52 bits per heavy atom. The van der Waals surface area contributed by atoms with Crippen LogP contribution < -0.4 is 11.1 Å². The summed E-state index contributed by atoms with van der Waals surface area (Å²) in [6.45, 7) is 8.53. The van der Waals surface area contributed by atoms with Gasteiger partial charge in [-0.15, -0.1) is 5.10 Å². The maximum atomic E-state index is 5.91. The predicted molar refractivity (Wildman–Crippen MR) is 91.6 cm³/mol. The van der Waals surface area contributed by atoms with E-state index in [-0.39, 0.29) is 0 Å². The number of aromatic nitrogens is 2. The van der Waals surface area contributed by atoms with Crippen molar-refractivity contribution in [3.8, 4) is 0 Å². The van der Waals surface area contributed by atoms with Crippen LogP contribution in [0.3, 0.4) is 0 Å². The first-order chi connectivity index (χ1) is 9.91. The fourth-order valence-electron chi connectivity index (χ4n) is 3.32. The van der Waals surface area contributed by atoms with Gasteiger partial charge in [-0.25, -0.2) is 0 Å². The average molecular weight is 306 g/mol. The molecule has 0 saturated heterocycles. The van der Waals surface area contributed by atoms with Crippen molar-refractivity contribution in [2.45, 2.75) is 59.4 Å². The number of hydrogen-bond donors (Lipinski definition) is 2. The van der Waals surface area contributed by atoms with Crippen molar-refractivity contribution in [2.24, 2.45) is 17.6 Å². The fourth-order valence-corrected chi connectivity index (χ4v) is 3.57. The third kappa shape index (κ3) is 3.51. The summed E-state index contributed by atoms with van der Waals surface area (Å²) in [6, 6.07) is 0.434. The molecular weight excluding hydrogens is 280 g/mol. The Kier molecular flexibility index (Phi) is 5.14.